The van der Waals surface area contributed by atoms with Crippen LogP contribution in [0.15, 0.2) is 0 Å². The first kappa shape index (κ1) is 16.5. The van der Waals surface area contributed by atoms with Crippen LogP contribution in [0.5, 0.6) is 0 Å². The Balaban J connectivity index is 1.55. The average Bonchev–Trinajstić information content (AvgIpc) is 2.70. The predicted molar refractivity (Wildman–Crippen MR) is 99.4 cm³/mol. The zero-order valence-electron chi connectivity index (χ0n) is 15.6. The van der Waals surface area contributed by atoms with Gasteiger partial charge in [-0.15, -0.1) is 0 Å². The molecule has 4 rings (SSSR count). The fourth-order valence-corrected chi connectivity index (χ4v) is 7.73. The summed E-state index contributed by atoms with van der Waals surface area (Å²) in [6, 6.07) is 0. The Hall–Kier alpha value is 0. The second kappa shape index (κ2) is 7.49. The second-order valence-corrected chi connectivity index (χ2v) is 9.84. The summed E-state index contributed by atoms with van der Waals surface area (Å²) in [5.41, 5.74) is 0. The molecule has 0 aromatic rings. The van der Waals surface area contributed by atoms with Gasteiger partial charge in [-0.25, -0.2) is 0 Å². The van der Waals surface area contributed by atoms with Crippen molar-refractivity contribution in [1.29, 1.82) is 0 Å². The smallest absolute Gasteiger partial charge is 0.0326 e. The van der Waals surface area contributed by atoms with Crippen LogP contribution in [0.4, 0.5) is 0 Å². The lowest BCUT2D eigenvalue weighted by Crippen LogP contribution is -2.46. The van der Waals surface area contributed by atoms with Gasteiger partial charge in [0.05, 0.1) is 0 Å². The first-order valence-corrected chi connectivity index (χ1v) is 11.3. The topological polar surface area (TPSA) is 0 Å². The molecule has 6 atom stereocenters. The second-order valence-electron chi connectivity index (χ2n) is 9.84. The highest BCUT2D eigenvalue weighted by Crippen LogP contribution is 2.56. The molecular formula is C23H40. The SMILES string of the molecule is CC1C(C2CCCCC2)CC2CCCCCCC3CCCC1C32. The highest BCUT2D eigenvalue weighted by Gasteiger charge is 2.48. The lowest BCUT2D eigenvalue weighted by atomic mass is 9.51. The molecule has 0 aliphatic heterocycles. The highest BCUT2D eigenvalue weighted by molar-refractivity contribution is 4.97. The molecule has 4 aliphatic rings. The van der Waals surface area contributed by atoms with Crippen molar-refractivity contribution in [3.05, 3.63) is 0 Å². The van der Waals surface area contributed by atoms with Gasteiger partial charge < -0.3 is 0 Å². The fourth-order valence-electron chi connectivity index (χ4n) is 7.73. The molecule has 4 saturated carbocycles. The summed E-state index contributed by atoms with van der Waals surface area (Å²) < 4.78 is 0. The summed E-state index contributed by atoms with van der Waals surface area (Å²) in [6.07, 6.45) is 23.4. The maximum atomic E-state index is 2.69. The van der Waals surface area contributed by atoms with Crippen LogP contribution in [0.3, 0.4) is 0 Å². The van der Waals surface area contributed by atoms with E-state index in [9.17, 15) is 0 Å². The summed E-state index contributed by atoms with van der Waals surface area (Å²) >= 11 is 0. The van der Waals surface area contributed by atoms with E-state index in [0.717, 1.165) is 41.4 Å². The van der Waals surface area contributed by atoms with Gasteiger partial charge in [0.15, 0.2) is 0 Å². The highest BCUT2D eigenvalue weighted by atomic mass is 14.5. The minimum Gasteiger partial charge on any atom is -0.0620 e. The Kier molecular flexibility index (Phi) is 5.36. The Morgan fingerprint density at radius 1 is 0.478 bits per heavy atom. The van der Waals surface area contributed by atoms with E-state index in [1.807, 2.05) is 0 Å². The van der Waals surface area contributed by atoms with Crippen molar-refractivity contribution in [1.82, 2.24) is 0 Å². The molecule has 4 fully saturated rings. The van der Waals surface area contributed by atoms with Gasteiger partial charge in [0.2, 0.25) is 0 Å². The van der Waals surface area contributed by atoms with Crippen LogP contribution in [-0.2, 0) is 0 Å². The standard InChI is InChI=1S/C23H40/c1-17-21-15-9-14-19-12-5-2-3-6-13-20(23(19)21)16-22(17)18-10-7-4-8-11-18/h17-23H,2-16H2,1H3. The molecule has 0 nitrogen and oxygen atoms in total. The van der Waals surface area contributed by atoms with Crippen LogP contribution in [0.2, 0.25) is 0 Å². The minimum absolute atomic E-state index is 1.04. The summed E-state index contributed by atoms with van der Waals surface area (Å²) in [7, 11) is 0. The van der Waals surface area contributed by atoms with Gasteiger partial charge in [-0.05, 0) is 54.3 Å². The van der Waals surface area contributed by atoms with E-state index in [-0.39, 0.29) is 0 Å². The van der Waals surface area contributed by atoms with Crippen LogP contribution >= 0.6 is 0 Å². The Labute approximate surface area is 145 Å². The molecule has 0 heterocycles. The molecular weight excluding hydrogens is 276 g/mol. The quantitative estimate of drug-likeness (QED) is 0.479. The van der Waals surface area contributed by atoms with Crippen molar-refractivity contribution < 1.29 is 0 Å². The molecule has 0 bridgehead atoms. The van der Waals surface area contributed by atoms with Gasteiger partial charge >= 0.3 is 0 Å². The van der Waals surface area contributed by atoms with Crippen LogP contribution < -0.4 is 0 Å². The lowest BCUT2D eigenvalue weighted by molar-refractivity contribution is -0.0484. The average molecular weight is 317 g/mol. The molecule has 6 unspecified atom stereocenters. The van der Waals surface area contributed by atoms with E-state index in [1.165, 1.54) is 32.1 Å². The summed E-state index contributed by atoms with van der Waals surface area (Å²) in [6.45, 7) is 2.69. The molecule has 23 heavy (non-hydrogen) atoms. The minimum atomic E-state index is 1.04. The zero-order chi connectivity index (χ0) is 15.6. The molecule has 4 aliphatic carbocycles. The van der Waals surface area contributed by atoms with Crippen LogP contribution in [0, 0.1) is 41.4 Å². The van der Waals surface area contributed by atoms with Crippen molar-refractivity contribution >= 4 is 0 Å². The van der Waals surface area contributed by atoms with Gasteiger partial charge in [-0.1, -0.05) is 90.4 Å². The molecule has 0 radical (unpaired) electrons. The van der Waals surface area contributed by atoms with Crippen LogP contribution in [0.25, 0.3) is 0 Å². The Morgan fingerprint density at radius 3 is 1.78 bits per heavy atom. The Morgan fingerprint density at radius 2 is 1.04 bits per heavy atom. The van der Waals surface area contributed by atoms with Crippen molar-refractivity contribution in [3.63, 3.8) is 0 Å². The summed E-state index contributed by atoms with van der Waals surface area (Å²) in [5.74, 6) is 7.73. The molecule has 0 N–H and O–H groups in total. The Bertz CT molecular complexity index is 366. The van der Waals surface area contributed by atoms with Crippen molar-refractivity contribution in [2.24, 2.45) is 41.4 Å². The van der Waals surface area contributed by atoms with Gasteiger partial charge in [-0.2, -0.15) is 0 Å². The number of rotatable bonds is 1. The molecule has 0 aromatic heterocycles. The van der Waals surface area contributed by atoms with Crippen molar-refractivity contribution in [3.8, 4) is 0 Å². The molecule has 0 aromatic carbocycles. The zero-order valence-corrected chi connectivity index (χ0v) is 15.6. The summed E-state index contributed by atoms with van der Waals surface area (Å²) in [5, 5.41) is 0. The van der Waals surface area contributed by atoms with E-state index < -0.39 is 0 Å². The largest absolute Gasteiger partial charge is 0.0620 e. The lowest BCUT2D eigenvalue weighted by Gasteiger charge is -2.54. The molecule has 0 saturated heterocycles. The van der Waals surface area contributed by atoms with E-state index in [0.29, 0.717) is 0 Å². The first-order valence-electron chi connectivity index (χ1n) is 11.3. The van der Waals surface area contributed by atoms with E-state index >= 15 is 0 Å². The fraction of sp³-hybridized carbons (Fsp3) is 1.00. The van der Waals surface area contributed by atoms with E-state index in [1.54, 1.807) is 64.2 Å². The monoisotopic (exact) mass is 316 g/mol. The third-order valence-corrected chi connectivity index (χ3v) is 8.78. The van der Waals surface area contributed by atoms with Gasteiger partial charge in [-0.3, -0.25) is 0 Å². The number of hydrogen-bond acceptors (Lipinski definition) is 0. The third kappa shape index (κ3) is 3.38. The van der Waals surface area contributed by atoms with Gasteiger partial charge in [0.25, 0.3) is 0 Å². The van der Waals surface area contributed by atoms with Crippen molar-refractivity contribution in [2.75, 3.05) is 0 Å². The normalized spacial score (nSPS) is 46.3. The maximum absolute atomic E-state index is 2.69. The summed E-state index contributed by atoms with van der Waals surface area (Å²) in [4.78, 5) is 0. The number of hydrogen-bond donors (Lipinski definition) is 0. The van der Waals surface area contributed by atoms with Gasteiger partial charge in [0, 0.05) is 0 Å². The van der Waals surface area contributed by atoms with E-state index in [4.69, 9.17) is 0 Å². The van der Waals surface area contributed by atoms with Gasteiger partial charge in [0.1, 0.15) is 0 Å². The molecule has 0 spiro atoms. The van der Waals surface area contributed by atoms with Crippen LogP contribution in [-0.4, -0.2) is 0 Å². The van der Waals surface area contributed by atoms with E-state index in [2.05, 4.69) is 6.92 Å². The predicted octanol–water partition coefficient (Wildman–Crippen LogP) is 7.23. The van der Waals surface area contributed by atoms with Crippen molar-refractivity contribution in [2.45, 2.75) is 103 Å². The first-order chi connectivity index (χ1) is 11.3. The third-order valence-electron chi connectivity index (χ3n) is 8.78. The van der Waals surface area contributed by atoms with Crippen LogP contribution in [0.1, 0.15) is 103 Å². The molecule has 0 heteroatoms. The molecule has 132 valence electrons. The molecule has 0 amide bonds. The maximum Gasteiger partial charge on any atom is -0.0326 e.